The van der Waals surface area contributed by atoms with E-state index < -0.39 is 6.04 Å². The molecule has 1 unspecified atom stereocenters. The minimum atomic E-state index is -0.442. The lowest BCUT2D eigenvalue weighted by molar-refractivity contribution is 0.406. The fourth-order valence-corrected chi connectivity index (χ4v) is 1.63. The predicted molar refractivity (Wildman–Crippen MR) is 64.9 cm³/mol. The Morgan fingerprint density at radius 2 is 2.12 bits per heavy atom. The SMILES string of the molecule is COc1ccc(C(N)c2ccccn2)c(O)c1. The van der Waals surface area contributed by atoms with E-state index in [1.54, 1.807) is 25.4 Å². The fraction of sp³-hybridized carbons (Fsp3) is 0.154. The van der Waals surface area contributed by atoms with Crippen molar-refractivity contribution in [2.75, 3.05) is 7.11 Å². The van der Waals surface area contributed by atoms with Crippen LogP contribution in [0.2, 0.25) is 0 Å². The summed E-state index contributed by atoms with van der Waals surface area (Å²) >= 11 is 0. The molecule has 2 rings (SSSR count). The predicted octanol–water partition coefficient (Wildman–Crippen LogP) is 1.84. The number of phenolic OH excluding ortho intramolecular Hbond substituents is 1. The van der Waals surface area contributed by atoms with E-state index >= 15 is 0 Å². The maximum Gasteiger partial charge on any atom is 0.124 e. The van der Waals surface area contributed by atoms with Crippen LogP contribution >= 0.6 is 0 Å². The van der Waals surface area contributed by atoms with Gasteiger partial charge in [0.05, 0.1) is 18.8 Å². The monoisotopic (exact) mass is 230 g/mol. The summed E-state index contributed by atoms with van der Waals surface area (Å²) in [4.78, 5) is 4.17. The van der Waals surface area contributed by atoms with Gasteiger partial charge in [-0.2, -0.15) is 0 Å². The van der Waals surface area contributed by atoms with Crippen molar-refractivity contribution < 1.29 is 9.84 Å². The minimum absolute atomic E-state index is 0.113. The van der Waals surface area contributed by atoms with E-state index in [9.17, 15) is 5.11 Å². The highest BCUT2D eigenvalue weighted by molar-refractivity contribution is 5.43. The molecule has 3 N–H and O–H groups in total. The van der Waals surface area contributed by atoms with Crippen LogP contribution in [-0.4, -0.2) is 17.2 Å². The van der Waals surface area contributed by atoms with Crippen molar-refractivity contribution >= 4 is 0 Å². The molecular formula is C13H14N2O2. The second-order valence-electron chi connectivity index (χ2n) is 3.66. The van der Waals surface area contributed by atoms with Gasteiger partial charge in [0.2, 0.25) is 0 Å². The molecule has 0 bridgehead atoms. The van der Waals surface area contributed by atoms with Gasteiger partial charge in [0, 0.05) is 17.8 Å². The zero-order valence-electron chi connectivity index (χ0n) is 9.50. The number of pyridine rings is 1. The Balaban J connectivity index is 2.34. The molecule has 0 aliphatic heterocycles. The first-order valence-electron chi connectivity index (χ1n) is 5.26. The standard InChI is InChI=1S/C13H14N2O2/c1-17-9-5-6-10(12(16)8-9)13(14)11-4-2-3-7-15-11/h2-8,13,16H,14H2,1H3. The number of nitrogens with zero attached hydrogens (tertiary/aromatic N) is 1. The number of methoxy groups -OCH3 is 1. The molecule has 4 heteroatoms. The van der Waals surface area contributed by atoms with Crippen molar-refractivity contribution in [1.82, 2.24) is 4.98 Å². The zero-order valence-corrected chi connectivity index (χ0v) is 9.50. The molecule has 0 fully saturated rings. The molecule has 0 spiro atoms. The van der Waals surface area contributed by atoms with Crippen molar-refractivity contribution in [3.63, 3.8) is 0 Å². The Morgan fingerprint density at radius 3 is 2.71 bits per heavy atom. The summed E-state index contributed by atoms with van der Waals surface area (Å²) in [5, 5.41) is 9.87. The second-order valence-corrected chi connectivity index (χ2v) is 3.66. The summed E-state index contributed by atoms with van der Waals surface area (Å²) in [5.41, 5.74) is 7.39. The average Bonchev–Trinajstić information content (AvgIpc) is 2.39. The summed E-state index contributed by atoms with van der Waals surface area (Å²) in [6.45, 7) is 0. The van der Waals surface area contributed by atoms with Crippen LogP contribution < -0.4 is 10.5 Å². The molecule has 1 aromatic carbocycles. The molecule has 4 nitrogen and oxygen atoms in total. The van der Waals surface area contributed by atoms with Crippen molar-refractivity contribution in [1.29, 1.82) is 0 Å². The molecule has 0 saturated carbocycles. The third-order valence-electron chi connectivity index (χ3n) is 2.58. The normalized spacial score (nSPS) is 12.1. The topological polar surface area (TPSA) is 68.4 Å². The smallest absolute Gasteiger partial charge is 0.124 e. The number of hydrogen-bond donors (Lipinski definition) is 2. The Kier molecular flexibility index (Phi) is 3.25. The molecular weight excluding hydrogens is 216 g/mol. The highest BCUT2D eigenvalue weighted by Crippen LogP contribution is 2.29. The van der Waals surface area contributed by atoms with Crippen LogP contribution in [0.4, 0.5) is 0 Å². The summed E-state index contributed by atoms with van der Waals surface area (Å²) in [6.07, 6.45) is 1.68. The number of phenols is 1. The van der Waals surface area contributed by atoms with Crippen LogP contribution in [0.1, 0.15) is 17.3 Å². The molecule has 0 amide bonds. The van der Waals surface area contributed by atoms with E-state index in [4.69, 9.17) is 10.5 Å². The lowest BCUT2D eigenvalue weighted by atomic mass is 10.0. The zero-order chi connectivity index (χ0) is 12.3. The van der Waals surface area contributed by atoms with E-state index in [-0.39, 0.29) is 5.75 Å². The van der Waals surface area contributed by atoms with E-state index in [2.05, 4.69) is 4.98 Å². The number of hydrogen-bond acceptors (Lipinski definition) is 4. The summed E-state index contributed by atoms with van der Waals surface area (Å²) in [7, 11) is 1.55. The lowest BCUT2D eigenvalue weighted by Crippen LogP contribution is -2.13. The molecule has 0 saturated heterocycles. The third-order valence-corrected chi connectivity index (χ3v) is 2.58. The van der Waals surface area contributed by atoms with Crippen LogP contribution in [0.3, 0.4) is 0 Å². The van der Waals surface area contributed by atoms with Gasteiger partial charge in [0.15, 0.2) is 0 Å². The molecule has 1 heterocycles. The number of aromatic nitrogens is 1. The number of ether oxygens (including phenoxy) is 1. The number of rotatable bonds is 3. The molecule has 0 radical (unpaired) electrons. The summed E-state index contributed by atoms with van der Waals surface area (Å²) < 4.78 is 5.02. The maximum absolute atomic E-state index is 9.87. The van der Waals surface area contributed by atoms with E-state index in [1.807, 2.05) is 18.2 Å². The van der Waals surface area contributed by atoms with E-state index in [0.29, 0.717) is 17.0 Å². The Labute approximate surface area is 99.7 Å². The van der Waals surface area contributed by atoms with Crippen molar-refractivity contribution in [3.8, 4) is 11.5 Å². The van der Waals surface area contributed by atoms with Crippen molar-refractivity contribution in [2.45, 2.75) is 6.04 Å². The van der Waals surface area contributed by atoms with Crippen LogP contribution in [0.15, 0.2) is 42.6 Å². The first-order chi connectivity index (χ1) is 8.22. The van der Waals surface area contributed by atoms with Crippen LogP contribution in [0, 0.1) is 0 Å². The highest BCUT2D eigenvalue weighted by Gasteiger charge is 2.14. The Bertz CT molecular complexity index is 500. The molecule has 1 atom stereocenters. The average molecular weight is 230 g/mol. The van der Waals surface area contributed by atoms with Gasteiger partial charge in [-0.15, -0.1) is 0 Å². The fourth-order valence-electron chi connectivity index (χ4n) is 1.63. The second kappa shape index (κ2) is 4.84. The lowest BCUT2D eigenvalue weighted by Gasteiger charge is -2.13. The van der Waals surface area contributed by atoms with Gasteiger partial charge < -0.3 is 15.6 Å². The molecule has 0 aliphatic carbocycles. The van der Waals surface area contributed by atoms with Gasteiger partial charge in [-0.05, 0) is 24.3 Å². The van der Waals surface area contributed by atoms with Crippen molar-refractivity contribution in [2.24, 2.45) is 5.73 Å². The summed E-state index contributed by atoms with van der Waals surface area (Å²) in [5.74, 6) is 0.710. The minimum Gasteiger partial charge on any atom is -0.507 e. The summed E-state index contributed by atoms with van der Waals surface area (Å²) in [6, 6.07) is 10.1. The van der Waals surface area contributed by atoms with Gasteiger partial charge in [-0.25, -0.2) is 0 Å². The quantitative estimate of drug-likeness (QED) is 0.844. The number of benzene rings is 1. The Morgan fingerprint density at radius 1 is 1.29 bits per heavy atom. The van der Waals surface area contributed by atoms with Crippen molar-refractivity contribution in [3.05, 3.63) is 53.9 Å². The van der Waals surface area contributed by atoms with Crippen LogP contribution in [-0.2, 0) is 0 Å². The molecule has 2 aromatic rings. The van der Waals surface area contributed by atoms with Crippen LogP contribution in [0.5, 0.6) is 11.5 Å². The van der Waals surface area contributed by atoms with E-state index in [1.165, 1.54) is 6.07 Å². The third kappa shape index (κ3) is 2.37. The largest absolute Gasteiger partial charge is 0.507 e. The van der Waals surface area contributed by atoms with Gasteiger partial charge in [-0.3, -0.25) is 4.98 Å². The molecule has 17 heavy (non-hydrogen) atoms. The van der Waals surface area contributed by atoms with Gasteiger partial charge in [0.25, 0.3) is 0 Å². The highest BCUT2D eigenvalue weighted by atomic mass is 16.5. The molecule has 88 valence electrons. The Hall–Kier alpha value is -2.07. The molecule has 1 aromatic heterocycles. The van der Waals surface area contributed by atoms with E-state index in [0.717, 1.165) is 0 Å². The number of nitrogens with two attached hydrogens (primary N) is 1. The first kappa shape index (κ1) is 11.4. The maximum atomic E-state index is 9.87. The number of aromatic hydroxyl groups is 1. The van der Waals surface area contributed by atoms with Gasteiger partial charge >= 0.3 is 0 Å². The van der Waals surface area contributed by atoms with Gasteiger partial charge in [-0.1, -0.05) is 6.07 Å². The van der Waals surface area contributed by atoms with Gasteiger partial charge in [0.1, 0.15) is 11.5 Å². The first-order valence-corrected chi connectivity index (χ1v) is 5.26. The van der Waals surface area contributed by atoms with Crippen LogP contribution in [0.25, 0.3) is 0 Å². The molecule has 0 aliphatic rings.